The molecule has 0 aliphatic rings. The molecule has 0 spiro atoms. The van der Waals surface area contributed by atoms with Crippen LogP contribution in [0.3, 0.4) is 0 Å². The highest BCUT2D eigenvalue weighted by Crippen LogP contribution is 2.22. The van der Waals surface area contributed by atoms with Crippen molar-refractivity contribution in [1.29, 1.82) is 0 Å². The number of amides is 3. The minimum Gasteiger partial charge on any atom is -0.496 e. The standard InChI is InChI=1S/C14H21N3O5S/c1-17(2)14(19)16-13(8-12(15)18)23(20,21)9-10-6-4-5-7-11(10)22-3/h4-7,13H,8-9H2,1-3H3,(H2,15,18)(H,16,19)/t13-/m1/s1. The van der Waals surface area contributed by atoms with Crippen LogP contribution in [0.2, 0.25) is 0 Å². The summed E-state index contributed by atoms with van der Waals surface area (Å²) in [6, 6.07) is 6.00. The van der Waals surface area contributed by atoms with E-state index in [1.807, 2.05) is 0 Å². The molecule has 9 heteroatoms. The minimum absolute atomic E-state index is 0.386. The lowest BCUT2D eigenvalue weighted by Gasteiger charge is -2.21. The molecule has 0 radical (unpaired) electrons. The van der Waals surface area contributed by atoms with Crippen molar-refractivity contribution in [3.63, 3.8) is 0 Å². The molecule has 3 N–H and O–H groups in total. The first-order valence-electron chi connectivity index (χ1n) is 6.77. The van der Waals surface area contributed by atoms with E-state index in [-0.39, 0.29) is 5.75 Å². The molecular weight excluding hydrogens is 322 g/mol. The number of hydrogen-bond donors (Lipinski definition) is 2. The fourth-order valence-electron chi connectivity index (χ4n) is 1.86. The summed E-state index contributed by atoms with van der Waals surface area (Å²) < 4.78 is 30.3. The predicted molar refractivity (Wildman–Crippen MR) is 85.4 cm³/mol. The van der Waals surface area contributed by atoms with Gasteiger partial charge in [-0.25, -0.2) is 13.2 Å². The number of para-hydroxylation sites is 1. The molecule has 0 saturated carbocycles. The van der Waals surface area contributed by atoms with Crippen molar-refractivity contribution < 1.29 is 22.7 Å². The number of nitrogens with zero attached hydrogens (tertiary/aromatic N) is 1. The number of urea groups is 1. The van der Waals surface area contributed by atoms with Crippen LogP contribution in [-0.4, -0.2) is 51.8 Å². The Morgan fingerprint density at radius 2 is 1.91 bits per heavy atom. The van der Waals surface area contributed by atoms with Gasteiger partial charge in [0, 0.05) is 19.7 Å². The highest BCUT2D eigenvalue weighted by molar-refractivity contribution is 7.91. The van der Waals surface area contributed by atoms with Crippen molar-refractivity contribution in [3.05, 3.63) is 29.8 Å². The number of rotatable bonds is 7. The van der Waals surface area contributed by atoms with Crippen LogP contribution in [0.15, 0.2) is 24.3 Å². The van der Waals surface area contributed by atoms with Crippen LogP contribution in [0.1, 0.15) is 12.0 Å². The zero-order valence-electron chi connectivity index (χ0n) is 13.3. The molecule has 8 nitrogen and oxygen atoms in total. The molecule has 3 amide bonds. The van der Waals surface area contributed by atoms with Gasteiger partial charge in [-0.3, -0.25) is 4.79 Å². The fourth-order valence-corrected chi connectivity index (χ4v) is 3.43. The quantitative estimate of drug-likeness (QED) is 0.727. The summed E-state index contributed by atoms with van der Waals surface area (Å²) in [5.74, 6) is -0.798. The first kappa shape index (κ1) is 18.8. The van der Waals surface area contributed by atoms with Crippen LogP contribution in [0.25, 0.3) is 0 Å². The average Bonchev–Trinajstić information content (AvgIpc) is 2.46. The molecule has 1 rings (SSSR count). The number of benzene rings is 1. The highest BCUT2D eigenvalue weighted by Gasteiger charge is 2.30. The van der Waals surface area contributed by atoms with Gasteiger partial charge in [0.05, 0.1) is 19.3 Å². The second-order valence-electron chi connectivity index (χ2n) is 5.12. The summed E-state index contributed by atoms with van der Waals surface area (Å²) in [6.07, 6.45) is -0.503. The number of nitrogens with one attached hydrogen (secondary N) is 1. The van der Waals surface area contributed by atoms with E-state index < -0.39 is 33.6 Å². The number of methoxy groups -OCH3 is 1. The van der Waals surface area contributed by atoms with Crippen molar-refractivity contribution in [2.45, 2.75) is 17.5 Å². The molecule has 0 aliphatic heterocycles. The third-order valence-corrected chi connectivity index (χ3v) is 4.92. The van der Waals surface area contributed by atoms with Crippen LogP contribution >= 0.6 is 0 Å². The van der Waals surface area contributed by atoms with Crippen LogP contribution in [0.4, 0.5) is 4.79 Å². The maximum absolute atomic E-state index is 12.6. The number of ether oxygens (including phenoxy) is 1. The fraction of sp³-hybridized carbons (Fsp3) is 0.429. The summed E-state index contributed by atoms with van der Waals surface area (Å²) in [7, 11) is 0.483. The Morgan fingerprint density at radius 1 is 1.30 bits per heavy atom. The normalized spacial score (nSPS) is 12.3. The van der Waals surface area contributed by atoms with Gasteiger partial charge in [-0.05, 0) is 6.07 Å². The third-order valence-electron chi connectivity index (χ3n) is 3.06. The van der Waals surface area contributed by atoms with Crippen molar-refractivity contribution in [1.82, 2.24) is 10.2 Å². The second kappa shape index (κ2) is 7.82. The van der Waals surface area contributed by atoms with Crippen LogP contribution in [0.5, 0.6) is 5.75 Å². The van der Waals surface area contributed by atoms with Gasteiger partial charge >= 0.3 is 6.03 Å². The Bertz CT molecular complexity index is 673. The third kappa shape index (κ3) is 5.44. The summed E-state index contributed by atoms with van der Waals surface area (Å²) >= 11 is 0. The summed E-state index contributed by atoms with van der Waals surface area (Å²) in [6.45, 7) is 0. The van der Waals surface area contributed by atoms with Gasteiger partial charge in [0.1, 0.15) is 11.1 Å². The molecule has 0 heterocycles. The zero-order chi connectivity index (χ0) is 17.6. The van der Waals surface area contributed by atoms with Crippen LogP contribution in [-0.2, 0) is 20.4 Å². The maximum Gasteiger partial charge on any atom is 0.317 e. The predicted octanol–water partition coefficient (Wildman–Crippen LogP) is 0.0827. The largest absolute Gasteiger partial charge is 0.496 e. The van der Waals surface area contributed by atoms with E-state index in [9.17, 15) is 18.0 Å². The van der Waals surface area contributed by atoms with Crippen LogP contribution < -0.4 is 15.8 Å². The molecule has 0 aliphatic carbocycles. The van der Waals surface area contributed by atoms with Gasteiger partial charge in [-0.1, -0.05) is 18.2 Å². The lowest BCUT2D eigenvalue weighted by atomic mass is 10.2. The molecular formula is C14H21N3O5S. The smallest absolute Gasteiger partial charge is 0.317 e. The van der Waals surface area contributed by atoms with Crippen molar-refractivity contribution >= 4 is 21.8 Å². The van der Waals surface area contributed by atoms with Gasteiger partial charge in [0.25, 0.3) is 0 Å². The minimum atomic E-state index is -3.87. The van der Waals surface area contributed by atoms with E-state index >= 15 is 0 Å². The Morgan fingerprint density at radius 3 is 2.43 bits per heavy atom. The number of carbonyl (C=O) groups is 2. The number of sulfone groups is 1. The molecule has 23 heavy (non-hydrogen) atoms. The van der Waals surface area contributed by atoms with E-state index in [1.165, 1.54) is 26.1 Å². The van der Waals surface area contributed by atoms with Crippen molar-refractivity contribution in [3.8, 4) is 5.75 Å². The highest BCUT2D eigenvalue weighted by atomic mass is 32.2. The number of carbonyl (C=O) groups excluding carboxylic acids is 2. The number of nitrogens with two attached hydrogens (primary N) is 1. The van der Waals surface area contributed by atoms with Gasteiger partial charge in [-0.15, -0.1) is 0 Å². The number of hydrogen-bond acceptors (Lipinski definition) is 5. The first-order valence-corrected chi connectivity index (χ1v) is 8.48. The summed E-state index contributed by atoms with van der Waals surface area (Å²) in [4.78, 5) is 24.1. The number of primary amides is 1. The molecule has 1 aromatic carbocycles. The van der Waals surface area contributed by atoms with Crippen molar-refractivity contribution in [2.75, 3.05) is 21.2 Å². The van der Waals surface area contributed by atoms with Gasteiger partial charge in [0.2, 0.25) is 5.91 Å². The van der Waals surface area contributed by atoms with Crippen LogP contribution in [0, 0.1) is 0 Å². The van der Waals surface area contributed by atoms with E-state index in [4.69, 9.17) is 10.5 Å². The summed E-state index contributed by atoms with van der Waals surface area (Å²) in [5, 5.41) is 0.900. The Labute approximate surface area is 135 Å². The molecule has 1 aromatic rings. The average molecular weight is 343 g/mol. The molecule has 0 aromatic heterocycles. The first-order chi connectivity index (χ1) is 10.7. The molecule has 0 bridgehead atoms. The van der Waals surface area contributed by atoms with Gasteiger partial charge in [-0.2, -0.15) is 0 Å². The maximum atomic E-state index is 12.6. The van der Waals surface area contributed by atoms with E-state index in [0.29, 0.717) is 11.3 Å². The molecule has 0 fully saturated rings. The lowest BCUT2D eigenvalue weighted by Crippen LogP contribution is -2.47. The SMILES string of the molecule is COc1ccccc1CS(=O)(=O)[C@H](CC(N)=O)NC(=O)N(C)C. The topological polar surface area (TPSA) is 119 Å². The lowest BCUT2D eigenvalue weighted by molar-refractivity contribution is -0.118. The van der Waals surface area contributed by atoms with E-state index in [2.05, 4.69) is 5.32 Å². The molecule has 0 saturated heterocycles. The Hall–Kier alpha value is -2.29. The molecule has 128 valence electrons. The second-order valence-corrected chi connectivity index (χ2v) is 7.31. The molecule has 0 unspecified atom stereocenters. The van der Waals surface area contributed by atoms with Gasteiger partial charge < -0.3 is 20.7 Å². The van der Waals surface area contributed by atoms with E-state index in [0.717, 1.165) is 0 Å². The monoisotopic (exact) mass is 343 g/mol. The van der Waals surface area contributed by atoms with E-state index in [1.54, 1.807) is 24.3 Å². The zero-order valence-corrected chi connectivity index (χ0v) is 14.1. The molecule has 1 atom stereocenters. The Kier molecular flexibility index (Phi) is 6.38. The summed E-state index contributed by atoms with van der Waals surface area (Å²) in [5.41, 5.74) is 5.53. The Balaban J connectivity index is 3.07. The van der Waals surface area contributed by atoms with Gasteiger partial charge in [0.15, 0.2) is 9.84 Å². The van der Waals surface area contributed by atoms with Crippen molar-refractivity contribution in [2.24, 2.45) is 5.73 Å².